The summed E-state index contributed by atoms with van der Waals surface area (Å²) in [5.74, 6) is 0. The van der Waals surface area contributed by atoms with E-state index in [1.165, 1.54) is 4.31 Å². The fourth-order valence-electron chi connectivity index (χ4n) is 2.50. The Balaban J connectivity index is 2.87. The van der Waals surface area contributed by atoms with Crippen LogP contribution in [0.3, 0.4) is 0 Å². The summed E-state index contributed by atoms with van der Waals surface area (Å²) in [6.45, 7) is 5.60. The molecule has 0 bridgehead atoms. The molecular weight excluding hydrogens is 238 g/mol. The van der Waals surface area contributed by atoms with Crippen LogP contribution in [0.2, 0.25) is 0 Å². The Hall–Kier alpha value is -0.170. The summed E-state index contributed by atoms with van der Waals surface area (Å²) in [5.41, 5.74) is 5.55. The van der Waals surface area contributed by atoms with E-state index in [2.05, 4.69) is 0 Å². The van der Waals surface area contributed by atoms with Crippen LogP contribution in [0.5, 0.6) is 0 Å². The minimum Gasteiger partial charge on any atom is -0.329 e. The second-order valence-corrected chi connectivity index (χ2v) is 6.31. The molecule has 1 aliphatic rings. The molecule has 0 aliphatic heterocycles. The van der Waals surface area contributed by atoms with Gasteiger partial charge in [0.25, 0.3) is 10.2 Å². The van der Waals surface area contributed by atoms with E-state index in [-0.39, 0.29) is 6.04 Å². The van der Waals surface area contributed by atoms with Crippen molar-refractivity contribution >= 4 is 10.2 Å². The molecule has 2 N–H and O–H groups in total. The van der Waals surface area contributed by atoms with Crippen LogP contribution in [0, 0.1) is 0 Å². The Morgan fingerprint density at radius 3 is 2.12 bits per heavy atom. The van der Waals surface area contributed by atoms with Crippen LogP contribution < -0.4 is 5.73 Å². The number of hydrogen-bond donors (Lipinski definition) is 1. The van der Waals surface area contributed by atoms with Gasteiger partial charge in [-0.15, -0.1) is 0 Å². The van der Waals surface area contributed by atoms with Crippen molar-refractivity contribution in [2.24, 2.45) is 5.73 Å². The molecule has 0 heterocycles. The van der Waals surface area contributed by atoms with E-state index in [9.17, 15) is 8.42 Å². The topological polar surface area (TPSA) is 66.6 Å². The summed E-state index contributed by atoms with van der Waals surface area (Å²) < 4.78 is 28.1. The summed E-state index contributed by atoms with van der Waals surface area (Å²) in [7, 11) is -3.32. The highest BCUT2D eigenvalue weighted by Crippen LogP contribution is 2.26. The van der Waals surface area contributed by atoms with Crippen molar-refractivity contribution in [3.05, 3.63) is 0 Å². The van der Waals surface area contributed by atoms with E-state index in [1.54, 1.807) is 4.31 Å². The lowest BCUT2D eigenvalue weighted by atomic mass is 10.2. The molecule has 1 aliphatic carbocycles. The van der Waals surface area contributed by atoms with Crippen molar-refractivity contribution in [3.63, 3.8) is 0 Å². The first-order valence-corrected chi connectivity index (χ1v) is 7.94. The van der Waals surface area contributed by atoms with Gasteiger partial charge in [-0.2, -0.15) is 17.0 Å². The van der Waals surface area contributed by atoms with E-state index in [0.717, 1.165) is 25.7 Å². The fourth-order valence-corrected chi connectivity index (χ4v) is 4.38. The maximum absolute atomic E-state index is 12.5. The molecule has 0 amide bonds. The third kappa shape index (κ3) is 3.40. The lowest BCUT2D eigenvalue weighted by Gasteiger charge is -2.32. The zero-order chi connectivity index (χ0) is 12.9. The average Bonchev–Trinajstić information content (AvgIpc) is 2.80. The molecule has 0 aromatic rings. The summed E-state index contributed by atoms with van der Waals surface area (Å²) >= 11 is 0. The molecule has 0 unspecified atom stereocenters. The summed E-state index contributed by atoms with van der Waals surface area (Å²) in [6, 6.07) is 0.157. The van der Waals surface area contributed by atoms with Gasteiger partial charge in [0.05, 0.1) is 0 Å². The first-order valence-electron chi connectivity index (χ1n) is 6.54. The van der Waals surface area contributed by atoms with Gasteiger partial charge in [-0.3, -0.25) is 0 Å². The predicted molar refractivity (Wildman–Crippen MR) is 69.9 cm³/mol. The Morgan fingerprint density at radius 1 is 1.18 bits per heavy atom. The third-order valence-electron chi connectivity index (χ3n) is 3.41. The van der Waals surface area contributed by atoms with Crippen molar-refractivity contribution in [1.82, 2.24) is 8.61 Å². The smallest absolute Gasteiger partial charge is 0.282 e. The number of hydrogen-bond acceptors (Lipinski definition) is 3. The molecule has 1 rings (SSSR count). The molecule has 0 saturated heterocycles. The first-order chi connectivity index (χ1) is 8.07. The van der Waals surface area contributed by atoms with Crippen LogP contribution in [0.4, 0.5) is 0 Å². The van der Waals surface area contributed by atoms with Gasteiger partial charge in [0, 0.05) is 32.2 Å². The second kappa shape index (κ2) is 6.68. The Kier molecular flexibility index (Phi) is 5.85. The highest BCUT2D eigenvalue weighted by atomic mass is 32.2. The lowest BCUT2D eigenvalue weighted by molar-refractivity contribution is 0.293. The normalized spacial score (nSPS) is 18.4. The maximum Gasteiger partial charge on any atom is 0.282 e. The van der Waals surface area contributed by atoms with Crippen molar-refractivity contribution < 1.29 is 8.42 Å². The van der Waals surface area contributed by atoms with E-state index in [0.29, 0.717) is 26.2 Å². The Morgan fingerprint density at radius 2 is 1.71 bits per heavy atom. The highest BCUT2D eigenvalue weighted by Gasteiger charge is 2.34. The maximum atomic E-state index is 12.5. The van der Waals surface area contributed by atoms with Crippen molar-refractivity contribution in [1.29, 1.82) is 0 Å². The highest BCUT2D eigenvalue weighted by molar-refractivity contribution is 7.86. The summed E-state index contributed by atoms with van der Waals surface area (Å²) in [5, 5.41) is 0. The molecule has 0 spiro atoms. The van der Waals surface area contributed by atoms with Gasteiger partial charge in [-0.1, -0.05) is 26.7 Å². The lowest BCUT2D eigenvalue weighted by Crippen LogP contribution is -2.49. The van der Waals surface area contributed by atoms with Crippen LogP contribution in [0.1, 0.15) is 39.5 Å². The molecule has 102 valence electrons. The number of nitrogens with two attached hydrogens (primary N) is 1. The molecule has 6 heteroatoms. The summed E-state index contributed by atoms with van der Waals surface area (Å²) in [4.78, 5) is 0. The van der Waals surface area contributed by atoms with Crippen LogP contribution in [-0.4, -0.2) is 49.2 Å². The van der Waals surface area contributed by atoms with Gasteiger partial charge in [0.1, 0.15) is 0 Å². The monoisotopic (exact) mass is 263 g/mol. The zero-order valence-corrected chi connectivity index (χ0v) is 11.7. The SMILES string of the molecule is CCN(CC)S(=O)(=O)N(CCN)C1CCCC1. The molecule has 0 aromatic heterocycles. The Bertz CT molecular complexity index is 309. The van der Waals surface area contributed by atoms with Crippen LogP contribution >= 0.6 is 0 Å². The van der Waals surface area contributed by atoms with E-state index in [4.69, 9.17) is 5.73 Å². The van der Waals surface area contributed by atoms with Gasteiger partial charge < -0.3 is 5.73 Å². The minimum absolute atomic E-state index is 0.157. The molecule has 1 fully saturated rings. The number of rotatable bonds is 7. The van der Waals surface area contributed by atoms with Gasteiger partial charge in [-0.05, 0) is 12.8 Å². The molecule has 0 atom stereocenters. The first kappa shape index (κ1) is 14.9. The van der Waals surface area contributed by atoms with Crippen LogP contribution in [0.15, 0.2) is 0 Å². The minimum atomic E-state index is -3.32. The van der Waals surface area contributed by atoms with E-state index < -0.39 is 10.2 Å². The molecular formula is C11H25N3O2S. The largest absolute Gasteiger partial charge is 0.329 e. The van der Waals surface area contributed by atoms with E-state index >= 15 is 0 Å². The van der Waals surface area contributed by atoms with Crippen molar-refractivity contribution in [2.45, 2.75) is 45.6 Å². The average molecular weight is 263 g/mol. The standard InChI is InChI=1S/C11H25N3O2S/c1-3-13(4-2)17(15,16)14(10-9-12)11-7-5-6-8-11/h11H,3-10,12H2,1-2H3. The van der Waals surface area contributed by atoms with Gasteiger partial charge in [0.2, 0.25) is 0 Å². The van der Waals surface area contributed by atoms with Crippen molar-refractivity contribution in [2.75, 3.05) is 26.2 Å². The van der Waals surface area contributed by atoms with E-state index in [1.807, 2.05) is 13.8 Å². The van der Waals surface area contributed by atoms with Crippen molar-refractivity contribution in [3.8, 4) is 0 Å². The van der Waals surface area contributed by atoms with Gasteiger partial charge in [0.15, 0.2) is 0 Å². The molecule has 17 heavy (non-hydrogen) atoms. The second-order valence-electron chi connectivity index (χ2n) is 4.43. The Labute approximate surface area is 105 Å². The zero-order valence-electron chi connectivity index (χ0n) is 10.9. The van der Waals surface area contributed by atoms with Crippen LogP contribution in [-0.2, 0) is 10.2 Å². The van der Waals surface area contributed by atoms with Crippen LogP contribution in [0.25, 0.3) is 0 Å². The molecule has 0 radical (unpaired) electrons. The molecule has 5 nitrogen and oxygen atoms in total. The van der Waals surface area contributed by atoms with Gasteiger partial charge in [-0.25, -0.2) is 0 Å². The fraction of sp³-hybridized carbons (Fsp3) is 1.00. The third-order valence-corrected chi connectivity index (χ3v) is 5.65. The molecule has 1 saturated carbocycles. The quantitative estimate of drug-likeness (QED) is 0.738. The number of nitrogens with zero attached hydrogens (tertiary/aromatic N) is 2. The summed E-state index contributed by atoms with van der Waals surface area (Å²) in [6.07, 6.45) is 4.19. The molecule has 0 aromatic carbocycles. The predicted octanol–water partition coefficient (Wildman–Crippen LogP) is 0.776. The van der Waals surface area contributed by atoms with Gasteiger partial charge >= 0.3 is 0 Å².